The first kappa shape index (κ1) is 27.2. The monoisotopic (exact) mass is 672 g/mol. The number of hydrogen-bond acceptors (Lipinski definition) is 3. The molecule has 2 heterocycles. The summed E-state index contributed by atoms with van der Waals surface area (Å²) in [5.41, 5.74) is -0.913. The van der Waals surface area contributed by atoms with Crippen LogP contribution in [-0.4, -0.2) is 9.97 Å². The number of nitrogens with zero attached hydrogens (tertiary/aromatic N) is 3. The fourth-order valence-corrected chi connectivity index (χ4v) is 3.57. The Bertz CT molecular complexity index is 1460. The Morgan fingerprint density at radius 2 is 1.50 bits per heavy atom. The maximum atomic E-state index is 14.7. The molecule has 36 heavy (non-hydrogen) atoms. The quantitative estimate of drug-likeness (QED) is 0.175. The van der Waals surface area contributed by atoms with E-state index in [2.05, 4.69) is 22.1 Å². The van der Waals surface area contributed by atoms with E-state index in [0.717, 1.165) is 18.2 Å². The fourth-order valence-electron chi connectivity index (χ4n) is 3.57. The first-order valence-corrected chi connectivity index (χ1v) is 10.4. The summed E-state index contributed by atoms with van der Waals surface area (Å²) in [6.45, 7) is 3.62. The number of halogens is 5. The van der Waals surface area contributed by atoms with Gasteiger partial charge in [0.2, 0.25) is 0 Å². The zero-order chi connectivity index (χ0) is 25.4. The number of alkyl halides is 3. The fraction of sp³-hybridized carbons (Fsp3) is 0.148. The van der Waals surface area contributed by atoms with Crippen LogP contribution < -0.4 is 0 Å². The zero-order valence-electron chi connectivity index (χ0n) is 18.8. The van der Waals surface area contributed by atoms with Gasteiger partial charge in [0.25, 0.3) is 0 Å². The largest absolute Gasteiger partial charge is 2.00 e. The van der Waals surface area contributed by atoms with Gasteiger partial charge in [-0.05, 0) is 42.9 Å². The number of nitriles is 1. The van der Waals surface area contributed by atoms with Crippen molar-refractivity contribution >= 4 is 0 Å². The molecule has 4 aromatic rings. The number of benzene rings is 2. The molecule has 0 atom stereocenters. The van der Waals surface area contributed by atoms with Crippen molar-refractivity contribution in [3.63, 3.8) is 0 Å². The molecule has 0 saturated heterocycles. The Morgan fingerprint density at radius 3 is 2.11 bits per heavy atom. The molecule has 3 nitrogen and oxygen atoms in total. The predicted molar refractivity (Wildman–Crippen MR) is 119 cm³/mol. The summed E-state index contributed by atoms with van der Waals surface area (Å²) in [4.78, 5) is 9.07. The summed E-state index contributed by atoms with van der Waals surface area (Å²) in [6, 6.07) is 20.6. The van der Waals surface area contributed by atoms with Gasteiger partial charge in [-0.3, -0.25) is 8.78 Å². The Kier molecular flexibility index (Phi) is 7.76. The molecule has 0 bridgehead atoms. The van der Waals surface area contributed by atoms with Crippen LogP contribution in [0.25, 0.3) is 22.5 Å². The van der Waals surface area contributed by atoms with E-state index in [1.54, 1.807) is 30.3 Å². The molecule has 0 saturated carbocycles. The average Bonchev–Trinajstić information content (AvgIpc) is 2.84. The third-order valence-corrected chi connectivity index (χ3v) is 5.57. The Balaban J connectivity index is 0.00000361. The molecule has 0 radical (unpaired) electrons. The zero-order valence-corrected chi connectivity index (χ0v) is 21.1. The van der Waals surface area contributed by atoms with Gasteiger partial charge < -0.3 is 9.97 Å². The topological polar surface area (TPSA) is 49.6 Å². The van der Waals surface area contributed by atoms with Crippen molar-refractivity contribution < 1.29 is 43.0 Å². The number of pyridine rings is 2. The standard InChI is InChI=1S/C27H16F5N3.Pt/c1-26(2,23-10-4-8-21(34-23)16-6-3-7-17(14-16)27(30,31)32)24-11-5-9-22(35-24)18-12-13-20(28)19(15-33)25(18)29;/h3-5,7-11,13-14H,1-2H3;/q-2;+2. The molecule has 4 rings (SSSR count). The Hall–Kier alpha value is -3.43. The summed E-state index contributed by atoms with van der Waals surface area (Å²) in [5, 5.41) is 9.05. The maximum absolute atomic E-state index is 14.7. The van der Waals surface area contributed by atoms with Gasteiger partial charge in [-0.1, -0.05) is 29.8 Å². The first-order chi connectivity index (χ1) is 16.5. The van der Waals surface area contributed by atoms with Crippen LogP contribution in [0.15, 0.2) is 60.7 Å². The van der Waals surface area contributed by atoms with Crippen LogP contribution in [-0.2, 0) is 32.7 Å². The van der Waals surface area contributed by atoms with E-state index in [4.69, 9.17) is 5.26 Å². The number of rotatable bonds is 4. The van der Waals surface area contributed by atoms with Crippen molar-refractivity contribution in [2.24, 2.45) is 0 Å². The van der Waals surface area contributed by atoms with Crippen LogP contribution in [0.2, 0.25) is 0 Å². The normalized spacial score (nSPS) is 11.5. The summed E-state index contributed by atoms with van der Waals surface area (Å²) in [5.74, 6) is -2.08. The second-order valence-electron chi connectivity index (χ2n) is 8.24. The van der Waals surface area contributed by atoms with Crippen LogP contribution in [0.5, 0.6) is 0 Å². The van der Waals surface area contributed by atoms with Gasteiger partial charge in [0.05, 0.1) is 17.7 Å². The van der Waals surface area contributed by atoms with Gasteiger partial charge in [0.1, 0.15) is 0 Å². The summed E-state index contributed by atoms with van der Waals surface area (Å²) in [7, 11) is 0. The minimum atomic E-state index is -4.50. The molecule has 184 valence electrons. The van der Waals surface area contributed by atoms with Crippen LogP contribution >= 0.6 is 0 Å². The van der Waals surface area contributed by atoms with E-state index in [1.807, 2.05) is 13.8 Å². The van der Waals surface area contributed by atoms with Crippen LogP contribution in [0.4, 0.5) is 22.0 Å². The summed E-state index contributed by atoms with van der Waals surface area (Å²) >= 11 is 0. The van der Waals surface area contributed by atoms with Gasteiger partial charge in [0, 0.05) is 22.4 Å². The Morgan fingerprint density at radius 1 is 0.889 bits per heavy atom. The van der Waals surface area contributed by atoms with E-state index in [0.29, 0.717) is 17.1 Å². The van der Waals surface area contributed by atoms with E-state index in [9.17, 15) is 22.0 Å². The van der Waals surface area contributed by atoms with E-state index >= 15 is 0 Å². The summed E-state index contributed by atoms with van der Waals surface area (Å²) in [6.07, 6.45) is -4.50. The molecular weight excluding hydrogens is 656 g/mol. The second-order valence-corrected chi connectivity index (χ2v) is 8.24. The minimum Gasteiger partial charge on any atom is -0.300 e. The maximum Gasteiger partial charge on any atom is 2.00 e. The van der Waals surface area contributed by atoms with E-state index in [-0.39, 0.29) is 37.9 Å². The van der Waals surface area contributed by atoms with Gasteiger partial charge in [0.15, 0.2) is 0 Å². The molecule has 2 aromatic heterocycles. The van der Waals surface area contributed by atoms with E-state index < -0.39 is 34.4 Å². The number of hydrogen-bond donors (Lipinski definition) is 0. The molecule has 0 unspecified atom stereocenters. The molecule has 2 aromatic carbocycles. The van der Waals surface area contributed by atoms with Crippen LogP contribution in [0.3, 0.4) is 0 Å². The van der Waals surface area contributed by atoms with Gasteiger partial charge in [-0.15, -0.1) is 42.0 Å². The van der Waals surface area contributed by atoms with Crippen LogP contribution in [0.1, 0.15) is 36.4 Å². The molecule has 0 aliphatic carbocycles. The average molecular weight is 673 g/mol. The molecule has 0 aliphatic rings. The van der Waals surface area contributed by atoms with Crippen molar-refractivity contribution in [2.75, 3.05) is 0 Å². The molecule has 0 amide bonds. The van der Waals surface area contributed by atoms with Crippen molar-refractivity contribution in [3.05, 3.63) is 107 Å². The smallest absolute Gasteiger partial charge is 0.300 e. The SMILES string of the molecule is CC(C)(c1cccc(-c2[c-]ccc(C(F)(F)F)c2)n1)c1cccc(-c2[c-]cc(F)c(C#N)c2F)n1.[Pt+2]. The van der Waals surface area contributed by atoms with Gasteiger partial charge >= 0.3 is 27.2 Å². The van der Waals surface area contributed by atoms with Crippen molar-refractivity contribution in [1.82, 2.24) is 9.97 Å². The molecular formula is C27H16F5N3Pt. The van der Waals surface area contributed by atoms with Crippen molar-refractivity contribution in [1.29, 1.82) is 5.26 Å². The molecule has 0 aliphatic heterocycles. The molecule has 0 N–H and O–H groups in total. The molecule has 9 heteroatoms. The first-order valence-electron chi connectivity index (χ1n) is 10.4. The van der Waals surface area contributed by atoms with Crippen molar-refractivity contribution in [3.8, 4) is 28.6 Å². The third kappa shape index (κ3) is 5.22. The van der Waals surface area contributed by atoms with E-state index in [1.165, 1.54) is 18.2 Å². The predicted octanol–water partition coefficient (Wildman–Crippen LogP) is 6.90. The Labute approximate surface area is 218 Å². The van der Waals surface area contributed by atoms with Gasteiger partial charge in [-0.25, -0.2) is 0 Å². The molecule has 0 spiro atoms. The summed E-state index contributed by atoms with van der Waals surface area (Å²) < 4.78 is 67.8. The number of aromatic nitrogens is 2. The van der Waals surface area contributed by atoms with Crippen LogP contribution in [0, 0.1) is 35.1 Å². The van der Waals surface area contributed by atoms with Gasteiger partial charge in [-0.2, -0.15) is 18.4 Å². The third-order valence-electron chi connectivity index (χ3n) is 5.57. The van der Waals surface area contributed by atoms with Crippen molar-refractivity contribution in [2.45, 2.75) is 25.4 Å². The molecule has 0 fully saturated rings. The second kappa shape index (κ2) is 10.3. The minimum absolute atomic E-state index is 0.